The van der Waals surface area contributed by atoms with Crippen LogP contribution >= 0.6 is 34.8 Å². The van der Waals surface area contributed by atoms with Crippen molar-refractivity contribution >= 4 is 34.8 Å². The normalized spacial score (nSPS) is 10.5. The molecule has 2 rings (SSSR count). The predicted octanol–water partition coefficient (Wildman–Crippen LogP) is 4.75. The van der Waals surface area contributed by atoms with Gasteiger partial charge in [0, 0.05) is 29.4 Å². The number of pyridine rings is 1. The first-order valence-corrected chi connectivity index (χ1v) is 7.05. The molecule has 1 heterocycles. The zero-order chi connectivity index (χ0) is 13.7. The first kappa shape index (κ1) is 14.4. The van der Waals surface area contributed by atoms with Crippen molar-refractivity contribution in [2.24, 2.45) is 0 Å². The molecular formula is C14H12Cl3NO. The Hall–Kier alpha value is -0.960. The first-order valence-electron chi connectivity index (χ1n) is 5.76. The highest BCUT2D eigenvalue weighted by molar-refractivity contribution is 6.36. The minimum Gasteiger partial charge on any atom is -0.491 e. The van der Waals surface area contributed by atoms with Gasteiger partial charge in [0.25, 0.3) is 0 Å². The van der Waals surface area contributed by atoms with Crippen molar-refractivity contribution in [3.63, 3.8) is 0 Å². The molecule has 0 saturated carbocycles. The molecule has 0 unspecified atom stereocenters. The molecule has 1 aromatic heterocycles. The Morgan fingerprint density at radius 2 is 1.84 bits per heavy atom. The van der Waals surface area contributed by atoms with Crippen molar-refractivity contribution in [2.45, 2.75) is 12.3 Å². The second-order valence-electron chi connectivity index (χ2n) is 3.96. The van der Waals surface area contributed by atoms with Gasteiger partial charge >= 0.3 is 0 Å². The van der Waals surface area contributed by atoms with E-state index in [-0.39, 0.29) is 0 Å². The lowest BCUT2D eigenvalue weighted by atomic mass is 10.2. The van der Waals surface area contributed by atoms with E-state index >= 15 is 0 Å². The fraction of sp³-hybridized carbons (Fsp3) is 0.214. The molecule has 0 bridgehead atoms. The maximum atomic E-state index is 6.12. The van der Waals surface area contributed by atoms with Crippen LogP contribution in [0.3, 0.4) is 0 Å². The summed E-state index contributed by atoms with van der Waals surface area (Å²) in [7, 11) is 0. The van der Waals surface area contributed by atoms with Gasteiger partial charge in [-0.2, -0.15) is 0 Å². The van der Waals surface area contributed by atoms with Crippen molar-refractivity contribution < 1.29 is 4.74 Å². The summed E-state index contributed by atoms with van der Waals surface area (Å²) in [5, 5.41) is 1.04. The Labute approximate surface area is 127 Å². The Morgan fingerprint density at radius 3 is 2.53 bits per heavy atom. The summed E-state index contributed by atoms with van der Waals surface area (Å²) in [5.41, 5.74) is 1.96. The quantitative estimate of drug-likeness (QED) is 0.743. The molecule has 0 N–H and O–H groups in total. The third kappa shape index (κ3) is 4.00. The summed E-state index contributed by atoms with van der Waals surface area (Å²) in [6.07, 6.45) is 4.30. The number of hydrogen-bond acceptors (Lipinski definition) is 2. The lowest BCUT2D eigenvalue weighted by molar-refractivity contribution is 0.319. The highest BCUT2D eigenvalue weighted by Gasteiger charge is 2.10. The molecular weight excluding hydrogens is 305 g/mol. The molecule has 0 spiro atoms. The number of nitrogens with zero attached hydrogens (tertiary/aromatic N) is 1. The van der Waals surface area contributed by atoms with E-state index in [9.17, 15) is 0 Å². The van der Waals surface area contributed by atoms with E-state index in [1.165, 1.54) is 0 Å². The van der Waals surface area contributed by atoms with Gasteiger partial charge in [0.2, 0.25) is 0 Å². The zero-order valence-corrected chi connectivity index (χ0v) is 12.3. The van der Waals surface area contributed by atoms with E-state index in [1.54, 1.807) is 24.5 Å². The highest BCUT2D eigenvalue weighted by atomic mass is 35.5. The van der Waals surface area contributed by atoms with Crippen LogP contribution in [0.2, 0.25) is 10.0 Å². The van der Waals surface area contributed by atoms with E-state index < -0.39 is 0 Å². The van der Waals surface area contributed by atoms with Crippen LogP contribution in [-0.2, 0) is 12.3 Å². The smallest absolute Gasteiger partial charge is 0.142 e. The predicted molar refractivity (Wildman–Crippen MR) is 79.5 cm³/mol. The molecule has 0 radical (unpaired) electrons. The summed E-state index contributed by atoms with van der Waals surface area (Å²) < 4.78 is 5.72. The molecule has 0 amide bonds. The van der Waals surface area contributed by atoms with Gasteiger partial charge in [0.05, 0.1) is 17.5 Å². The summed E-state index contributed by atoms with van der Waals surface area (Å²) in [6.45, 7) is 0.523. The van der Waals surface area contributed by atoms with Gasteiger partial charge in [-0.1, -0.05) is 23.2 Å². The maximum absolute atomic E-state index is 6.12. The fourth-order valence-electron chi connectivity index (χ4n) is 1.69. The van der Waals surface area contributed by atoms with Crippen LogP contribution in [0, 0.1) is 0 Å². The van der Waals surface area contributed by atoms with Crippen LogP contribution in [0.4, 0.5) is 0 Å². The second kappa shape index (κ2) is 6.99. The lowest BCUT2D eigenvalue weighted by Crippen LogP contribution is -2.03. The van der Waals surface area contributed by atoms with Crippen LogP contribution in [0.1, 0.15) is 11.1 Å². The average molecular weight is 317 g/mol. The average Bonchev–Trinajstić information content (AvgIpc) is 2.42. The van der Waals surface area contributed by atoms with Crippen LogP contribution in [-0.4, -0.2) is 11.6 Å². The van der Waals surface area contributed by atoms with E-state index in [1.807, 2.05) is 12.1 Å². The third-order valence-electron chi connectivity index (χ3n) is 2.62. The molecule has 0 fully saturated rings. The summed E-state index contributed by atoms with van der Waals surface area (Å²) in [6, 6.07) is 7.33. The van der Waals surface area contributed by atoms with Gasteiger partial charge in [-0.3, -0.25) is 4.98 Å². The molecule has 0 aliphatic rings. The third-order valence-corrected chi connectivity index (χ3v) is 3.40. The first-order chi connectivity index (χ1) is 9.20. The summed E-state index contributed by atoms with van der Waals surface area (Å²) in [5.74, 6) is 0.917. The molecule has 2 nitrogen and oxygen atoms in total. The summed E-state index contributed by atoms with van der Waals surface area (Å²) >= 11 is 17.9. The van der Waals surface area contributed by atoms with Gasteiger partial charge in [0.15, 0.2) is 0 Å². The van der Waals surface area contributed by atoms with Crippen molar-refractivity contribution in [2.75, 3.05) is 6.61 Å². The van der Waals surface area contributed by atoms with Gasteiger partial charge in [0.1, 0.15) is 5.75 Å². The molecule has 0 aliphatic heterocycles. The van der Waals surface area contributed by atoms with Gasteiger partial charge in [-0.15, -0.1) is 11.6 Å². The molecule has 1 aromatic carbocycles. The molecule has 2 aromatic rings. The number of ether oxygens (including phenoxy) is 1. The van der Waals surface area contributed by atoms with Crippen LogP contribution in [0.25, 0.3) is 0 Å². The molecule has 19 heavy (non-hydrogen) atoms. The summed E-state index contributed by atoms with van der Waals surface area (Å²) in [4.78, 5) is 3.97. The molecule has 0 saturated heterocycles. The number of benzene rings is 1. The molecule has 5 heteroatoms. The van der Waals surface area contributed by atoms with E-state index in [2.05, 4.69) is 4.98 Å². The Balaban J connectivity index is 2.03. The Kier molecular flexibility index (Phi) is 5.32. The monoisotopic (exact) mass is 315 g/mol. The number of rotatable bonds is 5. The standard InChI is InChI=1S/C14H12Cl3NO/c15-9-11-7-12(16)8-13(17)14(11)19-6-3-10-1-4-18-5-2-10/h1-2,4-5,7-8H,3,6,9H2. The van der Waals surface area contributed by atoms with Crippen LogP contribution < -0.4 is 4.74 Å². The van der Waals surface area contributed by atoms with E-state index in [0.29, 0.717) is 28.3 Å². The lowest BCUT2D eigenvalue weighted by Gasteiger charge is -2.12. The van der Waals surface area contributed by atoms with Gasteiger partial charge < -0.3 is 4.74 Å². The number of hydrogen-bond donors (Lipinski definition) is 0. The second-order valence-corrected chi connectivity index (χ2v) is 5.07. The van der Waals surface area contributed by atoms with Crippen molar-refractivity contribution in [1.82, 2.24) is 4.98 Å². The van der Waals surface area contributed by atoms with Crippen molar-refractivity contribution in [3.05, 3.63) is 57.8 Å². The number of alkyl halides is 1. The largest absolute Gasteiger partial charge is 0.491 e. The minimum atomic E-state index is 0.310. The van der Waals surface area contributed by atoms with Crippen LogP contribution in [0.5, 0.6) is 5.75 Å². The Morgan fingerprint density at radius 1 is 1.11 bits per heavy atom. The highest BCUT2D eigenvalue weighted by Crippen LogP contribution is 2.33. The van der Waals surface area contributed by atoms with Gasteiger partial charge in [-0.05, 0) is 29.8 Å². The zero-order valence-electron chi connectivity index (χ0n) is 10.1. The molecule has 100 valence electrons. The minimum absolute atomic E-state index is 0.310. The molecule has 0 atom stereocenters. The van der Waals surface area contributed by atoms with Crippen LogP contribution in [0.15, 0.2) is 36.7 Å². The van der Waals surface area contributed by atoms with E-state index in [0.717, 1.165) is 17.5 Å². The van der Waals surface area contributed by atoms with Gasteiger partial charge in [-0.25, -0.2) is 0 Å². The maximum Gasteiger partial charge on any atom is 0.142 e. The topological polar surface area (TPSA) is 22.1 Å². The van der Waals surface area contributed by atoms with Crippen molar-refractivity contribution in [3.8, 4) is 5.75 Å². The molecule has 0 aliphatic carbocycles. The Bertz CT molecular complexity index is 546. The number of aromatic nitrogens is 1. The fourth-order valence-corrected chi connectivity index (χ4v) is 2.48. The SMILES string of the molecule is ClCc1cc(Cl)cc(Cl)c1OCCc1ccncc1. The van der Waals surface area contributed by atoms with E-state index in [4.69, 9.17) is 39.5 Å². The van der Waals surface area contributed by atoms with Crippen molar-refractivity contribution in [1.29, 1.82) is 0 Å². The number of halogens is 3.